The molecule has 1 rings (SSSR count). The first-order valence-electron chi connectivity index (χ1n) is 5.59. The van der Waals surface area contributed by atoms with E-state index in [0.717, 1.165) is 25.1 Å². The van der Waals surface area contributed by atoms with Gasteiger partial charge in [-0.2, -0.15) is 0 Å². The summed E-state index contributed by atoms with van der Waals surface area (Å²) in [7, 11) is 0. The molecule has 1 aromatic rings. The molecule has 0 spiro atoms. The average molecular weight is 225 g/mol. The molecule has 0 saturated carbocycles. The van der Waals surface area contributed by atoms with Crippen LogP contribution in [-0.4, -0.2) is 24.8 Å². The van der Waals surface area contributed by atoms with E-state index >= 15 is 0 Å². The molecule has 0 aliphatic rings. The monoisotopic (exact) mass is 225 g/mol. The van der Waals surface area contributed by atoms with Crippen LogP contribution in [0, 0.1) is 11.2 Å². The molecule has 0 aliphatic carbocycles. The Morgan fingerprint density at radius 2 is 2.12 bits per heavy atom. The smallest absolute Gasteiger partial charge is 0.123 e. The second-order valence-corrected chi connectivity index (χ2v) is 4.88. The Bertz CT molecular complexity index is 325. The fourth-order valence-electron chi connectivity index (χ4n) is 1.41. The van der Waals surface area contributed by atoms with E-state index in [0.29, 0.717) is 0 Å². The SMILES string of the molecule is CC(C)(CO)CNCCc1cccc(F)c1. The molecule has 0 heterocycles. The molecule has 2 nitrogen and oxygen atoms in total. The second-order valence-electron chi connectivity index (χ2n) is 4.88. The zero-order valence-electron chi connectivity index (χ0n) is 9.96. The van der Waals surface area contributed by atoms with Crippen LogP contribution < -0.4 is 5.32 Å². The number of hydrogen-bond acceptors (Lipinski definition) is 2. The van der Waals surface area contributed by atoms with Crippen molar-refractivity contribution < 1.29 is 9.50 Å². The van der Waals surface area contributed by atoms with Crippen LogP contribution in [-0.2, 0) is 6.42 Å². The normalized spacial score (nSPS) is 11.8. The Labute approximate surface area is 96.5 Å². The maximum atomic E-state index is 12.9. The Balaban J connectivity index is 2.26. The van der Waals surface area contributed by atoms with Gasteiger partial charge in [-0.15, -0.1) is 0 Å². The van der Waals surface area contributed by atoms with Crippen molar-refractivity contribution in [1.82, 2.24) is 5.32 Å². The van der Waals surface area contributed by atoms with Gasteiger partial charge in [-0.1, -0.05) is 26.0 Å². The molecular formula is C13H20FNO. The average Bonchev–Trinajstić information content (AvgIpc) is 2.25. The lowest BCUT2D eigenvalue weighted by molar-refractivity contribution is 0.157. The maximum Gasteiger partial charge on any atom is 0.123 e. The lowest BCUT2D eigenvalue weighted by Crippen LogP contribution is -2.33. The van der Waals surface area contributed by atoms with Gasteiger partial charge in [-0.25, -0.2) is 4.39 Å². The number of benzene rings is 1. The topological polar surface area (TPSA) is 32.3 Å². The van der Waals surface area contributed by atoms with Crippen molar-refractivity contribution in [3.63, 3.8) is 0 Å². The number of aliphatic hydroxyl groups is 1. The molecule has 90 valence electrons. The third-order valence-electron chi connectivity index (χ3n) is 2.51. The van der Waals surface area contributed by atoms with E-state index < -0.39 is 0 Å². The van der Waals surface area contributed by atoms with Gasteiger partial charge in [0.25, 0.3) is 0 Å². The predicted molar refractivity (Wildman–Crippen MR) is 63.8 cm³/mol. The predicted octanol–water partition coefficient (Wildman–Crippen LogP) is 1.98. The first-order chi connectivity index (χ1) is 7.53. The Morgan fingerprint density at radius 3 is 2.75 bits per heavy atom. The van der Waals surface area contributed by atoms with Gasteiger partial charge in [0.05, 0.1) is 0 Å². The molecule has 0 fully saturated rings. The minimum atomic E-state index is -0.187. The van der Waals surface area contributed by atoms with Crippen LogP contribution in [0.25, 0.3) is 0 Å². The zero-order valence-corrected chi connectivity index (χ0v) is 9.96. The standard InChI is InChI=1S/C13H20FNO/c1-13(2,10-16)9-15-7-6-11-4-3-5-12(14)8-11/h3-5,8,15-16H,6-7,9-10H2,1-2H3. The van der Waals surface area contributed by atoms with Crippen molar-refractivity contribution in [2.45, 2.75) is 20.3 Å². The highest BCUT2D eigenvalue weighted by Gasteiger charge is 2.14. The fraction of sp³-hybridized carbons (Fsp3) is 0.538. The van der Waals surface area contributed by atoms with Gasteiger partial charge in [0.15, 0.2) is 0 Å². The minimum Gasteiger partial charge on any atom is -0.396 e. The molecule has 0 aromatic heterocycles. The molecule has 0 aliphatic heterocycles. The third-order valence-corrected chi connectivity index (χ3v) is 2.51. The quantitative estimate of drug-likeness (QED) is 0.726. The summed E-state index contributed by atoms with van der Waals surface area (Å²) in [6.45, 7) is 5.73. The molecule has 0 amide bonds. The van der Waals surface area contributed by atoms with Gasteiger partial charge >= 0.3 is 0 Å². The summed E-state index contributed by atoms with van der Waals surface area (Å²) in [4.78, 5) is 0. The Kier molecular flexibility index (Phi) is 4.90. The highest BCUT2D eigenvalue weighted by Crippen LogP contribution is 2.11. The molecule has 2 N–H and O–H groups in total. The first kappa shape index (κ1) is 13.1. The molecular weight excluding hydrogens is 205 g/mol. The number of hydrogen-bond donors (Lipinski definition) is 2. The van der Waals surface area contributed by atoms with Crippen molar-refractivity contribution >= 4 is 0 Å². The number of rotatable bonds is 6. The Morgan fingerprint density at radius 1 is 1.38 bits per heavy atom. The van der Waals surface area contributed by atoms with Crippen LogP contribution in [0.2, 0.25) is 0 Å². The number of aliphatic hydroxyl groups excluding tert-OH is 1. The van der Waals surface area contributed by atoms with E-state index in [2.05, 4.69) is 5.32 Å². The van der Waals surface area contributed by atoms with Crippen molar-refractivity contribution in [2.75, 3.05) is 19.7 Å². The van der Waals surface area contributed by atoms with Gasteiger partial charge in [0.2, 0.25) is 0 Å². The maximum absolute atomic E-state index is 12.9. The lowest BCUT2D eigenvalue weighted by atomic mass is 9.95. The van der Waals surface area contributed by atoms with Gasteiger partial charge in [0.1, 0.15) is 5.82 Å². The molecule has 3 heteroatoms. The number of nitrogens with one attached hydrogen (secondary N) is 1. The summed E-state index contributed by atoms with van der Waals surface area (Å²) in [5, 5.41) is 12.3. The van der Waals surface area contributed by atoms with Crippen molar-refractivity contribution in [3.05, 3.63) is 35.6 Å². The van der Waals surface area contributed by atoms with Crippen LogP contribution in [0.1, 0.15) is 19.4 Å². The van der Waals surface area contributed by atoms with E-state index in [4.69, 9.17) is 5.11 Å². The molecule has 0 bridgehead atoms. The second kappa shape index (κ2) is 5.97. The van der Waals surface area contributed by atoms with E-state index in [1.807, 2.05) is 19.9 Å². The van der Waals surface area contributed by atoms with Crippen LogP contribution in [0.4, 0.5) is 4.39 Å². The summed E-state index contributed by atoms with van der Waals surface area (Å²) < 4.78 is 12.9. The van der Waals surface area contributed by atoms with Crippen LogP contribution >= 0.6 is 0 Å². The van der Waals surface area contributed by atoms with Gasteiger partial charge in [-0.05, 0) is 30.7 Å². The fourth-order valence-corrected chi connectivity index (χ4v) is 1.41. The van der Waals surface area contributed by atoms with Crippen LogP contribution in [0.15, 0.2) is 24.3 Å². The zero-order chi connectivity index (χ0) is 12.0. The van der Waals surface area contributed by atoms with E-state index in [-0.39, 0.29) is 17.8 Å². The third kappa shape index (κ3) is 4.73. The highest BCUT2D eigenvalue weighted by molar-refractivity contribution is 5.16. The van der Waals surface area contributed by atoms with Crippen LogP contribution in [0.3, 0.4) is 0 Å². The van der Waals surface area contributed by atoms with Crippen molar-refractivity contribution in [3.8, 4) is 0 Å². The summed E-state index contributed by atoms with van der Waals surface area (Å²) in [5.74, 6) is -0.187. The van der Waals surface area contributed by atoms with Crippen molar-refractivity contribution in [2.24, 2.45) is 5.41 Å². The lowest BCUT2D eigenvalue weighted by Gasteiger charge is -2.21. The first-order valence-corrected chi connectivity index (χ1v) is 5.59. The molecule has 1 aromatic carbocycles. The summed E-state index contributed by atoms with van der Waals surface area (Å²) >= 11 is 0. The van der Waals surface area contributed by atoms with Gasteiger partial charge < -0.3 is 10.4 Å². The van der Waals surface area contributed by atoms with E-state index in [1.54, 1.807) is 12.1 Å². The van der Waals surface area contributed by atoms with E-state index in [1.165, 1.54) is 6.07 Å². The molecule has 16 heavy (non-hydrogen) atoms. The van der Waals surface area contributed by atoms with Gasteiger partial charge in [0, 0.05) is 18.6 Å². The molecule has 0 saturated heterocycles. The van der Waals surface area contributed by atoms with Crippen LogP contribution in [0.5, 0.6) is 0 Å². The Hall–Kier alpha value is -0.930. The molecule has 0 unspecified atom stereocenters. The summed E-state index contributed by atoms with van der Waals surface area (Å²) in [5.41, 5.74) is 0.899. The van der Waals surface area contributed by atoms with Gasteiger partial charge in [-0.3, -0.25) is 0 Å². The highest BCUT2D eigenvalue weighted by atomic mass is 19.1. The molecule has 0 radical (unpaired) electrons. The summed E-state index contributed by atoms with van der Waals surface area (Å²) in [6, 6.07) is 6.65. The minimum absolute atomic E-state index is 0.0953. The number of halogens is 1. The largest absolute Gasteiger partial charge is 0.396 e. The molecule has 0 atom stereocenters. The van der Waals surface area contributed by atoms with E-state index in [9.17, 15) is 4.39 Å². The van der Waals surface area contributed by atoms with Crippen molar-refractivity contribution in [1.29, 1.82) is 0 Å². The summed E-state index contributed by atoms with van der Waals surface area (Å²) in [6.07, 6.45) is 0.805.